The van der Waals surface area contributed by atoms with Gasteiger partial charge in [-0.2, -0.15) is 0 Å². The van der Waals surface area contributed by atoms with E-state index in [4.69, 9.17) is 5.11 Å². The fourth-order valence-electron chi connectivity index (χ4n) is 4.91. The lowest BCUT2D eigenvalue weighted by atomic mass is 9.94. The highest BCUT2D eigenvalue weighted by molar-refractivity contribution is 7.97. The fourth-order valence-corrected chi connectivity index (χ4v) is 5.95. The first-order chi connectivity index (χ1) is 19.5. The standard InChI is InChI=1S/C33H42F2N2O3S/c1-5-23-20-26(32-25(16-18-31(39)40)11-8-14-29(32)35)15-17-30(23)41-37(4)22-27(38)21-36-33(2,3)19-9-12-24-10-6-7-13-28(24)34/h6-8,10-11,13-15,17,20,27,36,38H,5,9,12,16,18-19,21-22H2,1-4H3,(H,39,40)/t27-/m1/s1. The van der Waals surface area contributed by atoms with Crippen molar-refractivity contribution in [2.24, 2.45) is 0 Å². The lowest BCUT2D eigenvalue weighted by Gasteiger charge is -2.29. The monoisotopic (exact) mass is 584 g/mol. The van der Waals surface area contributed by atoms with Crippen molar-refractivity contribution in [3.8, 4) is 11.1 Å². The van der Waals surface area contributed by atoms with E-state index >= 15 is 0 Å². The summed E-state index contributed by atoms with van der Waals surface area (Å²) in [6, 6.07) is 17.5. The molecule has 0 bridgehead atoms. The number of carboxylic acids is 1. The summed E-state index contributed by atoms with van der Waals surface area (Å²) in [5.74, 6) is -1.44. The molecule has 0 aliphatic rings. The van der Waals surface area contributed by atoms with Crippen molar-refractivity contribution >= 4 is 17.9 Å². The Labute approximate surface area is 247 Å². The second kappa shape index (κ2) is 15.4. The van der Waals surface area contributed by atoms with Crippen molar-refractivity contribution in [1.29, 1.82) is 0 Å². The normalized spacial score (nSPS) is 12.6. The van der Waals surface area contributed by atoms with E-state index in [0.29, 0.717) is 30.6 Å². The molecule has 0 unspecified atom stereocenters. The molecule has 0 radical (unpaired) electrons. The summed E-state index contributed by atoms with van der Waals surface area (Å²) in [4.78, 5) is 12.1. The summed E-state index contributed by atoms with van der Waals surface area (Å²) in [6.45, 7) is 7.11. The Balaban J connectivity index is 1.55. The zero-order chi connectivity index (χ0) is 30.0. The minimum atomic E-state index is -0.912. The molecule has 0 saturated heterocycles. The number of halogens is 2. The minimum Gasteiger partial charge on any atom is -0.481 e. The van der Waals surface area contributed by atoms with E-state index in [2.05, 4.69) is 19.2 Å². The van der Waals surface area contributed by atoms with Gasteiger partial charge >= 0.3 is 5.97 Å². The summed E-state index contributed by atoms with van der Waals surface area (Å²) >= 11 is 1.53. The summed E-state index contributed by atoms with van der Waals surface area (Å²) in [5.41, 5.74) is 3.45. The van der Waals surface area contributed by atoms with Gasteiger partial charge in [-0.15, -0.1) is 0 Å². The predicted octanol–water partition coefficient (Wildman–Crippen LogP) is 6.90. The first-order valence-corrected chi connectivity index (χ1v) is 14.9. The van der Waals surface area contributed by atoms with Gasteiger partial charge in [-0.05, 0) is 111 Å². The zero-order valence-corrected chi connectivity index (χ0v) is 25.2. The van der Waals surface area contributed by atoms with E-state index in [1.165, 1.54) is 24.1 Å². The quantitative estimate of drug-likeness (QED) is 0.159. The second-order valence-corrected chi connectivity index (χ2v) is 12.4. The molecule has 0 aromatic heterocycles. The topological polar surface area (TPSA) is 72.8 Å². The summed E-state index contributed by atoms with van der Waals surface area (Å²) in [5, 5.41) is 23.3. The fraction of sp³-hybridized carbons (Fsp3) is 0.424. The van der Waals surface area contributed by atoms with Gasteiger partial charge in [-0.3, -0.25) is 4.79 Å². The molecule has 0 amide bonds. The van der Waals surface area contributed by atoms with Crippen LogP contribution in [0.3, 0.4) is 0 Å². The summed E-state index contributed by atoms with van der Waals surface area (Å²) in [7, 11) is 1.93. The Morgan fingerprint density at radius 2 is 1.71 bits per heavy atom. The average Bonchev–Trinajstić information content (AvgIpc) is 2.92. The van der Waals surface area contributed by atoms with E-state index in [9.17, 15) is 18.7 Å². The highest BCUT2D eigenvalue weighted by atomic mass is 32.2. The third kappa shape index (κ3) is 10.2. The van der Waals surface area contributed by atoms with Crippen molar-refractivity contribution in [1.82, 2.24) is 9.62 Å². The average molecular weight is 585 g/mol. The number of carboxylic acid groups (broad SMARTS) is 1. The zero-order valence-electron chi connectivity index (χ0n) is 24.4. The molecule has 41 heavy (non-hydrogen) atoms. The van der Waals surface area contributed by atoms with Gasteiger partial charge in [0.05, 0.1) is 6.10 Å². The number of nitrogens with one attached hydrogen (secondary N) is 1. The SMILES string of the molecule is CCc1cc(-c2c(F)cccc2CCC(=O)O)ccc1SN(C)C[C@H](O)CNC(C)(C)CCCc1ccccc1F. The number of benzene rings is 3. The van der Waals surface area contributed by atoms with Gasteiger partial charge in [0.1, 0.15) is 11.6 Å². The van der Waals surface area contributed by atoms with Gasteiger partial charge < -0.3 is 15.5 Å². The largest absolute Gasteiger partial charge is 0.481 e. The number of aryl methyl sites for hydroxylation is 3. The van der Waals surface area contributed by atoms with Crippen molar-refractivity contribution < 1.29 is 23.8 Å². The number of hydrogen-bond donors (Lipinski definition) is 3. The third-order valence-electron chi connectivity index (χ3n) is 7.18. The van der Waals surface area contributed by atoms with Crippen LogP contribution >= 0.6 is 11.9 Å². The molecule has 3 rings (SSSR count). The summed E-state index contributed by atoms with van der Waals surface area (Å²) in [6.07, 6.45) is 2.74. The van der Waals surface area contributed by atoms with Crippen molar-refractivity contribution in [2.75, 3.05) is 20.1 Å². The van der Waals surface area contributed by atoms with E-state index < -0.39 is 12.1 Å². The number of nitrogens with zero attached hydrogens (tertiary/aromatic N) is 1. The summed E-state index contributed by atoms with van der Waals surface area (Å²) < 4.78 is 30.7. The van der Waals surface area contributed by atoms with Gasteiger partial charge in [-0.25, -0.2) is 13.1 Å². The van der Waals surface area contributed by atoms with Crippen LogP contribution < -0.4 is 5.32 Å². The van der Waals surface area contributed by atoms with E-state index in [0.717, 1.165) is 40.8 Å². The maximum Gasteiger partial charge on any atom is 0.303 e. The van der Waals surface area contributed by atoms with Crippen LogP contribution in [0.5, 0.6) is 0 Å². The predicted molar refractivity (Wildman–Crippen MR) is 163 cm³/mol. The van der Waals surface area contributed by atoms with Gasteiger partial charge in [-0.1, -0.05) is 43.3 Å². The number of aliphatic hydroxyl groups excluding tert-OH is 1. The molecule has 3 N–H and O–H groups in total. The van der Waals surface area contributed by atoms with Crippen molar-refractivity contribution in [3.05, 3.63) is 89.0 Å². The van der Waals surface area contributed by atoms with Gasteiger partial charge in [0.2, 0.25) is 0 Å². The van der Waals surface area contributed by atoms with Gasteiger partial charge in [0.15, 0.2) is 0 Å². The molecule has 0 aliphatic heterocycles. The number of aliphatic hydroxyl groups is 1. The smallest absolute Gasteiger partial charge is 0.303 e. The van der Waals surface area contributed by atoms with Crippen LogP contribution in [0.25, 0.3) is 11.1 Å². The van der Waals surface area contributed by atoms with Crippen LogP contribution in [-0.2, 0) is 24.1 Å². The molecular formula is C33H42F2N2O3S. The molecule has 8 heteroatoms. The Morgan fingerprint density at radius 3 is 2.41 bits per heavy atom. The number of β-amino-alcohol motifs (C(OH)–C–C–N with tert-alkyl or cyclic N) is 1. The number of carbonyl (C=O) groups is 1. The minimum absolute atomic E-state index is 0.0577. The highest BCUT2D eigenvalue weighted by Crippen LogP contribution is 2.33. The number of hydrogen-bond acceptors (Lipinski definition) is 5. The van der Waals surface area contributed by atoms with Gasteiger partial charge in [0.25, 0.3) is 0 Å². The van der Waals surface area contributed by atoms with Crippen LogP contribution in [0.15, 0.2) is 65.6 Å². The number of rotatable bonds is 16. The first-order valence-electron chi connectivity index (χ1n) is 14.2. The van der Waals surface area contributed by atoms with Crippen LogP contribution in [-0.4, -0.2) is 52.3 Å². The number of aliphatic carboxylic acids is 1. The Hall–Kier alpha value is -2.78. The molecule has 0 saturated carbocycles. The van der Waals surface area contributed by atoms with Crippen LogP contribution in [0.4, 0.5) is 8.78 Å². The lowest BCUT2D eigenvalue weighted by Crippen LogP contribution is -2.45. The molecule has 0 fully saturated rings. The molecule has 0 aliphatic carbocycles. The molecule has 3 aromatic carbocycles. The molecule has 0 spiro atoms. The second-order valence-electron chi connectivity index (χ2n) is 11.1. The van der Waals surface area contributed by atoms with E-state index in [-0.39, 0.29) is 30.0 Å². The molecule has 5 nitrogen and oxygen atoms in total. The third-order valence-corrected chi connectivity index (χ3v) is 8.24. The van der Waals surface area contributed by atoms with Crippen molar-refractivity contribution in [3.63, 3.8) is 0 Å². The molecule has 222 valence electrons. The highest BCUT2D eigenvalue weighted by Gasteiger charge is 2.20. The first kappa shape index (κ1) is 32.7. The number of likely N-dealkylation sites (N-methyl/N-ethyl adjacent to an activating group) is 1. The molecular weight excluding hydrogens is 542 g/mol. The molecule has 1 atom stereocenters. The van der Waals surface area contributed by atoms with Crippen LogP contribution in [0, 0.1) is 11.6 Å². The van der Waals surface area contributed by atoms with E-state index in [1.807, 2.05) is 48.6 Å². The maximum absolute atomic E-state index is 14.9. The Morgan fingerprint density at radius 1 is 1.00 bits per heavy atom. The van der Waals surface area contributed by atoms with Crippen LogP contribution in [0.2, 0.25) is 0 Å². The maximum atomic E-state index is 14.9. The van der Waals surface area contributed by atoms with Crippen molar-refractivity contribution in [2.45, 2.75) is 75.8 Å². The molecule has 0 heterocycles. The molecule has 3 aromatic rings. The van der Waals surface area contributed by atoms with Gasteiger partial charge in [0, 0.05) is 35.5 Å². The van der Waals surface area contributed by atoms with E-state index in [1.54, 1.807) is 18.2 Å². The van der Waals surface area contributed by atoms with Crippen LogP contribution in [0.1, 0.15) is 56.7 Å². The Kier molecular flexibility index (Phi) is 12.3. The Bertz CT molecular complexity index is 1300. The lowest BCUT2D eigenvalue weighted by molar-refractivity contribution is -0.136.